The van der Waals surface area contributed by atoms with Gasteiger partial charge in [0.15, 0.2) is 0 Å². The van der Waals surface area contributed by atoms with E-state index in [2.05, 4.69) is 0 Å². The molecule has 1 aliphatic carbocycles. The van der Waals surface area contributed by atoms with Crippen LogP contribution in [0.15, 0.2) is 24.3 Å². The van der Waals surface area contributed by atoms with Gasteiger partial charge in [0.1, 0.15) is 5.82 Å². The predicted molar refractivity (Wildman–Crippen MR) is 82.8 cm³/mol. The number of halogens is 1. The van der Waals surface area contributed by atoms with E-state index >= 15 is 0 Å². The second-order valence-corrected chi connectivity index (χ2v) is 6.85. The van der Waals surface area contributed by atoms with E-state index in [0.29, 0.717) is 12.8 Å². The maximum Gasteiger partial charge on any atom is 0.229 e. The number of β-amino-alcohol motifs (C(OH)–C–C–N with tert-alkyl or cyclic N) is 1. The average molecular weight is 319 g/mol. The summed E-state index contributed by atoms with van der Waals surface area (Å²) in [4.78, 5) is 26.0. The number of likely N-dealkylation sites (tertiary alicyclic amines) is 1. The van der Waals surface area contributed by atoms with Crippen molar-refractivity contribution in [3.63, 3.8) is 0 Å². The molecule has 0 bridgehead atoms. The summed E-state index contributed by atoms with van der Waals surface area (Å²) in [5, 5.41) is 10.2. The average Bonchev–Trinajstić information content (AvgIpc) is 2.52. The summed E-state index contributed by atoms with van der Waals surface area (Å²) in [7, 11) is 0. The van der Waals surface area contributed by atoms with Crippen LogP contribution in [0.1, 0.15) is 56.6 Å². The number of hydrogen-bond donors (Lipinski definition) is 1. The van der Waals surface area contributed by atoms with E-state index < -0.39 is 11.9 Å². The van der Waals surface area contributed by atoms with Crippen molar-refractivity contribution in [2.45, 2.75) is 51.0 Å². The lowest BCUT2D eigenvalue weighted by molar-refractivity contribution is -0.156. The van der Waals surface area contributed by atoms with Gasteiger partial charge < -0.3 is 5.11 Å². The number of rotatable bonds is 3. The highest BCUT2D eigenvalue weighted by atomic mass is 19.1. The quantitative estimate of drug-likeness (QED) is 0.872. The fourth-order valence-electron chi connectivity index (χ4n) is 3.91. The van der Waals surface area contributed by atoms with Crippen LogP contribution in [-0.2, 0) is 9.59 Å². The van der Waals surface area contributed by atoms with E-state index in [1.165, 1.54) is 24.6 Å². The zero-order valence-electron chi connectivity index (χ0n) is 13.1. The number of benzene rings is 1. The summed E-state index contributed by atoms with van der Waals surface area (Å²) in [6.45, 7) is -0.172. The number of nitrogens with zero attached hydrogens (tertiary/aromatic N) is 1. The smallest absolute Gasteiger partial charge is 0.229 e. The van der Waals surface area contributed by atoms with Crippen molar-refractivity contribution in [3.8, 4) is 0 Å². The normalized spacial score (nSPS) is 22.4. The van der Waals surface area contributed by atoms with E-state index in [1.807, 2.05) is 0 Å². The van der Waals surface area contributed by atoms with Crippen LogP contribution >= 0.6 is 0 Å². The molecule has 3 rings (SSSR count). The van der Waals surface area contributed by atoms with Gasteiger partial charge in [-0.1, -0.05) is 37.5 Å². The summed E-state index contributed by atoms with van der Waals surface area (Å²) in [5.41, 5.74) is -0.0580. The number of piperidine rings is 1. The molecule has 1 aliphatic heterocycles. The van der Waals surface area contributed by atoms with Crippen LogP contribution in [0, 0.1) is 11.2 Å². The first-order valence-corrected chi connectivity index (χ1v) is 8.26. The molecule has 2 aliphatic rings. The van der Waals surface area contributed by atoms with E-state index in [9.17, 15) is 19.1 Å². The molecule has 1 N–H and O–H groups in total. The summed E-state index contributed by atoms with van der Waals surface area (Å²) in [6.07, 6.45) is 4.69. The van der Waals surface area contributed by atoms with Gasteiger partial charge in [-0.3, -0.25) is 14.5 Å². The number of hydrogen-bond acceptors (Lipinski definition) is 3. The van der Waals surface area contributed by atoms with Crippen LogP contribution in [0.3, 0.4) is 0 Å². The van der Waals surface area contributed by atoms with Gasteiger partial charge in [-0.15, -0.1) is 0 Å². The largest absolute Gasteiger partial charge is 0.386 e. The van der Waals surface area contributed by atoms with Gasteiger partial charge in [-0.05, 0) is 24.3 Å². The molecule has 2 fully saturated rings. The zero-order chi connectivity index (χ0) is 16.4. The number of carbonyl (C=O) groups is 2. The lowest BCUT2D eigenvalue weighted by Crippen LogP contribution is -2.49. The van der Waals surface area contributed by atoms with Gasteiger partial charge in [0.05, 0.1) is 12.6 Å². The Morgan fingerprint density at radius 1 is 1.09 bits per heavy atom. The molecule has 1 atom stereocenters. The Bertz CT molecular complexity index is 590. The van der Waals surface area contributed by atoms with Gasteiger partial charge in [0.2, 0.25) is 11.8 Å². The van der Waals surface area contributed by atoms with Gasteiger partial charge in [0.25, 0.3) is 0 Å². The zero-order valence-corrected chi connectivity index (χ0v) is 13.1. The van der Waals surface area contributed by atoms with Crippen molar-refractivity contribution >= 4 is 11.8 Å². The number of imide groups is 1. The first-order valence-electron chi connectivity index (χ1n) is 8.26. The Balaban J connectivity index is 1.70. The minimum Gasteiger partial charge on any atom is -0.386 e. The molecule has 23 heavy (non-hydrogen) atoms. The number of aliphatic hydroxyl groups excluding tert-OH is 1. The molecule has 1 saturated heterocycles. The summed E-state index contributed by atoms with van der Waals surface area (Å²) in [6, 6.07) is 5.89. The molecule has 1 saturated carbocycles. The van der Waals surface area contributed by atoms with E-state index in [1.54, 1.807) is 6.07 Å². The molecular weight excluding hydrogens is 297 g/mol. The lowest BCUT2D eigenvalue weighted by atomic mass is 9.67. The molecular formula is C18H22FNO3. The number of amides is 2. The second-order valence-electron chi connectivity index (χ2n) is 6.85. The minimum atomic E-state index is -1.19. The lowest BCUT2D eigenvalue weighted by Gasteiger charge is -2.42. The standard InChI is InChI=1S/C18H22FNO3/c19-14-7-3-2-6-13(14)15(21)12-20-16(22)10-18(11-17(20)23)8-4-1-5-9-18/h2-3,6-7,15,21H,1,4-5,8-12H2. The van der Waals surface area contributed by atoms with Crippen LogP contribution in [0.2, 0.25) is 0 Å². The highest BCUT2D eigenvalue weighted by Gasteiger charge is 2.44. The highest BCUT2D eigenvalue weighted by molar-refractivity contribution is 5.98. The Kier molecular flexibility index (Phi) is 4.48. The van der Waals surface area contributed by atoms with Crippen molar-refractivity contribution in [2.75, 3.05) is 6.54 Å². The molecule has 1 unspecified atom stereocenters. The predicted octanol–water partition coefficient (Wildman–Crippen LogP) is 2.96. The third-order valence-electron chi connectivity index (χ3n) is 5.19. The van der Waals surface area contributed by atoms with Gasteiger partial charge in [-0.2, -0.15) is 0 Å². The third kappa shape index (κ3) is 3.29. The van der Waals surface area contributed by atoms with Gasteiger partial charge in [-0.25, -0.2) is 4.39 Å². The van der Waals surface area contributed by atoms with Crippen LogP contribution in [0.5, 0.6) is 0 Å². The Morgan fingerprint density at radius 3 is 2.30 bits per heavy atom. The molecule has 1 heterocycles. The first kappa shape index (κ1) is 16.1. The fraction of sp³-hybridized carbons (Fsp3) is 0.556. The van der Waals surface area contributed by atoms with Crippen LogP contribution < -0.4 is 0 Å². The molecule has 2 amide bonds. The summed E-state index contributed by atoms with van der Waals surface area (Å²) >= 11 is 0. The van der Waals surface area contributed by atoms with Crippen LogP contribution in [0.25, 0.3) is 0 Å². The third-order valence-corrected chi connectivity index (χ3v) is 5.19. The van der Waals surface area contributed by atoms with Crippen molar-refractivity contribution in [3.05, 3.63) is 35.6 Å². The molecule has 0 aromatic heterocycles. The highest BCUT2D eigenvalue weighted by Crippen LogP contribution is 2.45. The monoisotopic (exact) mass is 319 g/mol. The van der Waals surface area contributed by atoms with Gasteiger partial charge in [0, 0.05) is 18.4 Å². The van der Waals surface area contributed by atoms with Crippen molar-refractivity contribution in [2.24, 2.45) is 5.41 Å². The molecule has 1 aromatic carbocycles. The van der Waals surface area contributed by atoms with E-state index in [0.717, 1.165) is 30.6 Å². The minimum absolute atomic E-state index is 0.117. The fourth-order valence-corrected chi connectivity index (χ4v) is 3.91. The molecule has 1 aromatic rings. The van der Waals surface area contributed by atoms with Crippen LogP contribution in [-0.4, -0.2) is 28.4 Å². The van der Waals surface area contributed by atoms with Crippen molar-refractivity contribution in [1.82, 2.24) is 4.90 Å². The van der Waals surface area contributed by atoms with Crippen LogP contribution in [0.4, 0.5) is 4.39 Å². The Morgan fingerprint density at radius 2 is 1.70 bits per heavy atom. The second kappa shape index (κ2) is 6.40. The molecule has 4 nitrogen and oxygen atoms in total. The van der Waals surface area contributed by atoms with Crippen molar-refractivity contribution < 1.29 is 19.1 Å². The number of aliphatic hydroxyl groups is 1. The van der Waals surface area contributed by atoms with Crippen molar-refractivity contribution in [1.29, 1.82) is 0 Å². The molecule has 5 heteroatoms. The SMILES string of the molecule is O=C1CC2(CCCCC2)CC(=O)N1CC(O)c1ccccc1F. The molecule has 1 spiro atoms. The Labute approximate surface area is 135 Å². The first-order chi connectivity index (χ1) is 11.0. The Hall–Kier alpha value is -1.75. The number of carbonyl (C=O) groups excluding carboxylic acids is 2. The molecule has 124 valence electrons. The maximum absolute atomic E-state index is 13.7. The summed E-state index contributed by atoms with van der Waals surface area (Å²) < 4.78 is 13.7. The van der Waals surface area contributed by atoms with Gasteiger partial charge >= 0.3 is 0 Å². The topological polar surface area (TPSA) is 57.6 Å². The maximum atomic E-state index is 13.7. The molecule has 0 radical (unpaired) electrons. The summed E-state index contributed by atoms with van der Waals surface area (Å²) in [5.74, 6) is -1.00. The van der Waals surface area contributed by atoms with E-state index in [-0.39, 0.29) is 29.3 Å². The van der Waals surface area contributed by atoms with E-state index in [4.69, 9.17) is 0 Å².